The Morgan fingerprint density at radius 1 is 0.963 bits per heavy atom. The van der Waals surface area contributed by atoms with E-state index >= 15 is 0 Å². The van der Waals surface area contributed by atoms with Crippen LogP contribution in [0.3, 0.4) is 0 Å². The number of allylic oxidation sites excluding steroid dienone is 2. The van der Waals surface area contributed by atoms with Crippen LogP contribution in [0.2, 0.25) is 0 Å². The van der Waals surface area contributed by atoms with Crippen LogP contribution < -0.4 is 4.74 Å². The van der Waals surface area contributed by atoms with Gasteiger partial charge in [-0.3, -0.25) is 4.79 Å². The number of nitrogens with zero attached hydrogens (tertiary/aromatic N) is 1. The van der Waals surface area contributed by atoms with Gasteiger partial charge in [-0.2, -0.15) is 0 Å². The van der Waals surface area contributed by atoms with Crippen molar-refractivity contribution in [3.8, 4) is 5.75 Å². The Morgan fingerprint density at radius 2 is 1.67 bits per heavy atom. The zero-order valence-electron chi connectivity index (χ0n) is 16.4. The van der Waals surface area contributed by atoms with Crippen molar-refractivity contribution < 1.29 is 9.53 Å². The highest BCUT2D eigenvalue weighted by atomic mass is 16.5. The van der Waals surface area contributed by atoms with Gasteiger partial charge in [0.1, 0.15) is 12.4 Å². The number of carbonyl (C=O) groups excluding carboxylic acids is 1. The van der Waals surface area contributed by atoms with Crippen LogP contribution in [-0.2, 0) is 4.79 Å². The number of hydrogen-bond donors (Lipinski definition) is 0. The van der Waals surface area contributed by atoms with Gasteiger partial charge in [-0.1, -0.05) is 56.3 Å². The molecule has 3 nitrogen and oxygen atoms in total. The molecule has 0 bridgehead atoms. The van der Waals surface area contributed by atoms with Gasteiger partial charge >= 0.3 is 0 Å². The SMILES string of the molecule is CCN(CC)CCOc1ccc(C2=CC(=O)CC(c3ccccc3)C2)cc1. The Kier molecular flexibility index (Phi) is 6.83. The van der Waals surface area contributed by atoms with E-state index in [-0.39, 0.29) is 11.7 Å². The van der Waals surface area contributed by atoms with Crippen LogP contribution in [0.4, 0.5) is 0 Å². The zero-order valence-corrected chi connectivity index (χ0v) is 16.4. The Bertz CT molecular complexity index is 761. The molecule has 0 N–H and O–H groups in total. The Hall–Kier alpha value is -2.39. The first-order valence-corrected chi connectivity index (χ1v) is 9.93. The van der Waals surface area contributed by atoms with Crippen molar-refractivity contribution in [2.75, 3.05) is 26.2 Å². The second-order valence-electron chi connectivity index (χ2n) is 7.05. The van der Waals surface area contributed by atoms with Crippen LogP contribution in [0.5, 0.6) is 5.75 Å². The smallest absolute Gasteiger partial charge is 0.156 e. The molecule has 2 aromatic rings. The van der Waals surface area contributed by atoms with Gasteiger partial charge in [-0.05, 0) is 60.3 Å². The molecule has 0 saturated carbocycles. The van der Waals surface area contributed by atoms with Crippen molar-refractivity contribution in [1.29, 1.82) is 0 Å². The number of ether oxygens (including phenoxy) is 1. The molecule has 0 aromatic heterocycles. The Labute approximate surface area is 162 Å². The molecule has 142 valence electrons. The van der Waals surface area contributed by atoms with Gasteiger partial charge in [0, 0.05) is 13.0 Å². The highest BCUT2D eigenvalue weighted by Gasteiger charge is 2.22. The van der Waals surface area contributed by atoms with Crippen molar-refractivity contribution in [1.82, 2.24) is 4.90 Å². The van der Waals surface area contributed by atoms with Gasteiger partial charge in [-0.25, -0.2) is 0 Å². The fourth-order valence-electron chi connectivity index (χ4n) is 3.65. The van der Waals surface area contributed by atoms with Crippen molar-refractivity contribution in [3.05, 3.63) is 71.8 Å². The van der Waals surface area contributed by atoms with Gasteiger partial charge in [-0.15, -0.1) is 0 Å². The largest absolute Gasteiger partial charge is 0.492 e. The lowest BCUT2D eigenvalue weighted by molar-refractivity contribution is -0.115. The molecule has 0 saturated heterocycles. The summed E-state index contributed by atoms with van der Waals surface area (Å²) in [5, 5.41) is 0. The minimum Gasteiger partial charge on any atom is -0.492 e. The van der Waals surface area contributed by atoms with Crippen LogP contribution >= 0.6 is 0 Å². The minimum atomic E-state index is 0.213. The molecular formula is C24H29NO2. The summed E-state index contributed by atoms with van der Waals surface area (Å²) in [5.74, 6) is 1.36. The molecule has 1 aliphatic rings. The number of ketones is 1. The first kappa shape index (κ1) is 19.4. The lowest BCUT2D eigenvalue weighted by atomic mass is 9.81. The summed E-state index contributed by atoms with van der Waals surface area (Å²) >= 11 is 0. The lowest BCUT2D eigenvalue weighted by Gasteiger charge is -2.23. The summed E-state index contributed by atoms with van der Waals surface area (Å²) in [6.45, 7) is 8.05. The van der Waals surface area contributed by atoms with Crippen LogP contribution in [0.15, 0.2) is 60.7 Å². The van der Waals surface area contributed by atoms with Crippen LogP contribution in [0.25, 0.3) is 5.57 Å². The van der Waals surface area contributed by atoms with E-state index in [1.807, 2.05) is 36.4 Å². The second-order valence-corrected chi connectivity index (χ2v) is 7.05. The van der Waals surface area contributed by atoms with Gasteiger partial charge in [0.25, 0.3) is 0 Å². The average molecular weight is 364 g/mol. The molecule has 0 heterocycles. The van der Waals surface area contributed by atoms with E-state index < -0.39 is 0 Å². The normalized spacial score (nSPS) is 17.1. The second kappa shape index (κ2) is 9.52. The molecule has 1 aliphatic carbocycles. The van der Waals surface area contributed by atoms with E-state index in [1.165, 1.54) is 5.56 Å². The monoisotopic (exact) mass is 363 g/mol. The third kappa shape index (κ3) is 5.30. The van der Waals surface area contributed by atoms with Gasteiger partial charge < -0.3 is 9.64 Å². The minimum absolute atomic E-state index is 0.213. The molecular weight excluding hydrogens is 334 g/mol. The standard InChI is InChI=1S/C24H29NO2/c1-3-25(4-2)14-15-27-24-12-10-20(11-13-24)22-16-21(17-23(26)18-22)19-8-6-5-7-9-19/h5-13,18,21H,3-4,14-17H2,1-2H3. The maximum Gasteiger partial charge on any atom is 0.156 e. The number of rotatable bonds is 8. The van der Waals surface area contributed by atoms with Crippen LogP contribution in [0, 0.1) is 0 Å². The van der Waals surface area contributed by atoms with E-state index in [1.54, 1.807) is 0 Å². The lowest BCUT2D eigenvalue weighted by Crippen LogP contribution is -2.27. The zero-order chi connectivity index (χ0) is 19.1. The number of likely N-dealkylation sites (N-methyl/N-ethyl adjacent to an activating group) is 1. The van der Waals surface area contributed by atoms with E-state index in [0.717, 1.165) is 42.9 Å². The molecule has 0 fully saturated rings. The van der Waals surface area contributed by atoms with Gasteiger partial charge in [0.2, 0.25) is 0 Å². The summed E-state index contributed by atoms with van der Waals surface area (Å²) in [6, 6.07) is 18.5. The molecule has 0 aliphatic heterocycles. The highest BCUT2D eigenvalue weighted by Crippen LogP contribution is 2.36. The van der Waals surface area contributed by atoms with E-state index in [2.05, 4.69) is 43.0 Å². The van der Waals surface area contributed by atoms with E-state index in [4.69, 9.17) is 4.74 Å². The first-order valence-electron chi connectivity index (χ1n) is 9.93. The summed E-state index contributed by atoms with van der Waals surface area (Å²) < 4.78 is 5.87. The summed E-state index contributed by atoms with van der Waals surface area (Å²) in [4.78, 5) is 14.6. The van der Waals surface area contributed by atoms with E-state index in [0.29, 0.717) is 13.0 Å². The fourth-order valence-corrected chi connectivity index (χ4v) is 3.65. The molecule has 3 heteroatoms. The molecule has 1 atom stereocenters. The molecule has 0 radical (unpaired) electrons. The van der Waals surface area contributed by atoms with Crippen molar-refractivity contribution >= 4 is 11.4 Å². The third-order valence-corrected chi connectivity index (χ3v) is 5.32. The number of carbonyl (C=O) groups is 1. The Balaban J connectivity index is 1.63. The molecule has 0 spiro atoms. The predicted octanol–water partition coefficient (Wildman–Crippen LogP) is 4.94. The maximum atomic E-state index is 12.3. The molecule has 3 rings (SSSR count). The first-order chi connectivity index (χ1) is 13.2. The molecule has 27 heavy (non-hydrogen) atoms. The summed E-state index contributed by atoms with van der Waals surface area (Å²) in [5.41, 5.74) is 3.47. The van der Waals surface area contributed by atoms with Crippen molar-refractivity contribution in [2.45, 2.75) is 32.6 Å². The molecule has 0 amide bonds. The molecule has 1 unspecified atom stereocenters. The van der Waals surface area contributed by atoms with E-state index in [9.17, 15) is 4.79 Å². The molecule has 2 aromatic carbocycles. The third-order valence-electron chi connectivity index (χ3n) is 5.32. The van der Waals surface area contributed by atoms with Gasteiger partial charge in [0.15, 0.2) is 5.78 Å². The number of benzene rings is 2. The van der Waals surface area contributed by atoms with Gasteiger partial charge in [0.05, 0.1) is 0 Å². The summed E-state index contributed by atoms with van der Waals surface area (Å²) in [7, 11) is 0. The predicted molar refractivity (Wildman–Crippen MR) is 111 cm³/mol. The number of hydrogen-bond acceptors (Lipinski definition) is 3. The van der Waals surface area contributed by atoms with Crippen molar-refractivity contribution in [2.24, 2.45) is 0 Å². The van der Waals surface area contributed by atoms with Crippen LogP contribution in [-0.4, -0.2) is 36.9 Å². The highest BCUT2D eigenvalue weighted by molar-refractivity contribution is 5.99. The topological polar surface area (TPSA) is 29.5 Å². The quantitative estimate of drug-likeness (QED) is 0.665. The van der Waals surface area contributed by atoms with Crippen LogP contribution in [0.1, 0.15) is 43.7 Å². The average Bonchev–Trinajstić information content (AvgIpc) is 2.72. The van der Waals surface area contributed by atoms with Crippen molar-refractivity contribution in [3.63, 3.8) is 0 Å². The fraction of sp³-hybridized carbons (Fsp3) is 0.375. The Morgan fingerprint density at radius 3 is 2.33 bits per heavy atom. The maximum absolute atomic E-state index is 12.3. The summed E-state index contributed by atoms with van der Waals surface area (Å²) in [6.07, 6.45) is 3.31.